The van der Waals surface area contributed by atoms with E-state index in [1.54, 1.807) is 0 Å². The Morgan fingerprint density at radius 1 is 0.857 bits per heavy atom. The third kappa shape index (κ3) is 10.0. The van der Waals surface area contributed by atoms with Crippen molar-refractivity contribution < 1.29 is 0 Å². The van der Waals surface area contributed by atoms with Crippen molar-refractivity contribution >= 4 is 0 Å². The maximum absolute atomic E-state index is 3.53. The van der Waals surface area contributed by atoms with Gasteiger partial charge in [-0.25, -0.2) is 0 Å². The summed E-state index contributed by atoms with van der Waals surface area (Å²) in [6, 6.07) is 0.723. The summed E-state index contributed by atoms with van der Waals surface area (Å²) >= 11 is 0. The molecular formula is C13H29N. The molecule has 1 unspecified atom stereocenters. The molecule has 14 heavy (non-hydrogen) atoms. The van der Waals surface area contributed by atoms with Gasteiger partial charge in [0.25, 0.3) is 0 Å². The summed E-state index contributed by atoms with van der Waals surface area (Å²) in [7, 11) is 0. The van der Waals surface area contributed by atoms with E-state index < -0.39 is 0 Å². The first-order valence-electron chi connectivity index (χ1n) is 6.54. The Morgan fingerprint density at radius 2 is 1.50 bits per heavy atom. The fourth-order valence-corrected chi connectivity index (χ4v) is 1.72. The lowest BCUT2D eigenvalue weighted by molar-refractivity contribution is 0.479. The standard InChI is InChI=1S/C13H29N/c1-4-6-7-8-9-10-11-13(3)14-12-5-2/h13-14H,4-12H2,1-3H3. The summed E-state index contributed by atoms with van der Waals surface area (Å²) in [4.78, 5) is 0. The van der Waals surface area contributed by atoms with Crippen LogP contribution in [-0.2, 0) is 0 Å². The minimum Gasteiger partial charge on any atom is -0.314 e. The highest BCUT2D eigenvalue weighted by Crippen LogP contribution is 2.08. The van der Waals surface area contributed by atoms with E-state index in [0.29, 0.717) is 0 Å². The molecular weight excluding hydrogens is 170 g/mol. The van der Waals surface area contributed by atoms with Crippen LogP contribution in [0, 0.1) is 0 Å². The molecule has 0 bridgehead atoms. The monoisotopic (exact) mass is 199 g/mol. The van der Waals surface area contributed by atoms with Gasteiger partial charge in [0.1, 0.15) is 0 Å². The third-order valence-corrected chi connectivity index (χ3v) is 2.73. The zero-order valence-corrected chi connectivity index (χ0v) is 10.4. The average Bonchev–Trinajstić information content (AvgIpc) is 2.20. The van der Waals surface area contributed by atoms with Gasteiger partial charge in [-0.15, -0.1) is 0 Å². The molecule has 0 aliphatic rings. The lowest BCUT2D eigenvalue weighted by Crippen LogP contribution is -2.26. The first-order chi connectivity index (χ1) is 6.81. The lowest BCUT2D eigenvalue weighted by atomic mass is 10.1. The molecule has 0 aliphatic carbocycles. The van der Waals surface area contributed by atoms with Crippen LogP contribution in [0.1, 0.15) is 72.1 Å². The Hall–Kier alpha value is -0.0400. The van der Waals surface area contributed by atoms with Gasteiger partial charge in [-0.05, 0) is 26.3 Å². The van der Waals surface area contributed by atoms with E-state index >= 15 is 0 Å². The normalized spacial score (nSPS) is 13.1. The molecule has 0 heterocycles. The van der Waals surface area contributed by atoms with E-state index in [4.69, 9.17) is 0 Å². The van der Waals surface area contributed by atoms with Crippen LogP contribution in [0.5, 0.6) is 0 Å². The fraction of sp³-hybridized carbons (Fsp3) is 1.00. The maximum atomic E-state index is 3.53. The van der Waals surface area contributed by atoms with Crippen molar-refractivity contribution in [1.82, 2.24) is 5.32 Å². The molecule has 0 aromatic heterocycles. The Labute approximate surface area is 90.7 Å². The highest BCUT2D eigenvalue weighted by molar-refractivity contribution is 4.59. The van der Waals surface area contributed by atoms with E-state index in [1.165, 1.54) is 57.9 Å². The SMILES string of the molecule is CCCCCCCCC(C)NCCC. The van der Waals surface area contributed by atoms with Gasteiger partial charge in [0, 0.05) is 6.04 Å². The number of rotatable bonds is 10. The summed E-state index contributed by atoms with van der Waals surface area (Å²) in [5, 5.41) is 3.53. The molecule has 1 heteroatoms. The van der Waals surface area contributed by atoms with E-state index in [0.717, 1.165) is 6.04 Å². The van der Waals surface area contributed by atoms with Crippen LogP contribution in [0.15, 0.2) is 0 Å². The molecule has 86 valence electrons. The van der Waals surface area contributed by atoms with Crippen LogP contribution < -0.4 is 5.32 Å². The lowest BCUT2D eigenvalue weighted by Gasteiger charge is -2.12. The summed E-state index contributed by atoms with van der Waals surface area (Å²) in [5.74, 6) is 0. The van der Waals surface area contributed by atoms with Gasteiger partial charge in [-0.3, -0.25) is 0 Å². The molecule has 0 aliphatic heterocycles. The number of unbranched alkanes of at least 4 members (excludes halogenated alkanes) is 5. The third-order valence-electron chi connectivity index (χ3n) is 2.73. The smallest absolute Gasteiger partial charge is 0.00387 e. The molecule has 1 atom stereocenters. The maximum Gasteiger partial charge on any atom is 0.00387 e. The zero-order valence-electron chi connectivity index (χ0n) is 10.4. The summed E-state index contributed by atoms with van der Waals surface area (Å²) in [6.07, 6.45) is 11.1. The molecule has 0 aromatic rings. The number of hydrogen-bond acceptors (Lipinski definition) is 1. The van der Waals surface area contributed by atoms with Crippen LogP contribution >= 0.6 is 0 Å². The Bertz CT molecular complexity index is 101. The molecule has 0 fully saturated rings. The molecule has 0 radical (unpaired) electrons. The largest absolute Gasteiger partial charge is 0.314 e. The van der Waals surface area contributed by atoms with E-state index in [1.807, 2.05) is 0 Å². The summed E-state index contributed by atoms with van der Waals surface area (Å²) in [6.45, 7) is 7.99. The first-order valence-corrected chi connectivity index (χ1v) is 6.54. The predicted molar refractivity (Wildman–Crippen MR) is 65.7 cm³/mol. The minimum atomic E-state index is 0.723. The highest BCUT2D eigenvalue weighted by Gasteiger charge is 1.99. The van der Waals surface area contributed by atoms with Crippen LogP contribution in [0.2, 0.25) is 0 Å². The number of nitrogens with one attached hydrogen (secondary N) is 1. The molecule has 1 N–H and O–H groups in total. The molecule has 0 spiro atoms. The van der Waals surface area contributed by atoms with Gasteiger partial charge in [0.05, 0.1) is 0 Å². The van der Waals surface area contributed by atoms with E-state index in [9.17, 15) is 0 Å². The van der Waals surface area contributed by atoms with Gasteiger partial charge in [-0.2, -0.15) is 0 Å². The van der Waals surface area contributed by atoms with Gasteiger partial charge in [0.15, 0.2) is 0 Å². The van der Waals surface area contributed by atoms with Crippen LogP contribution in [0.25, 0.3) is 0 Å². The molecule has 1 nitrogen and oxygen atoms in total. The van der Waals surface area contributed by atoms with Crippen LogP contribution in [0.4, 0.5) is 0 Å². The van der Waals surface area contributed by atoms with E-state index in [2.05, 4.69) is 26.1 Å². The second kappa shape index (κ2) is 11.0. The number of hydrogen-bond donors (Lipinski definition) is 1. The van der Waals surface area contributed by atoms with Crippen molar-refractivity contribution in [2.45, 2.75) is 78.2 Å². The Morgan fingerprint density at radius 3 is 2.14 bits per heavy atom. The summed E-state index contributed by atoms with van der Waals surface area (Å²) in [5.41, 5.74) is 0. The second-order valence-corrected chi connectivity index (χ2v) is 4.41. The second-order valence-electron chi connectivity index (χ2n) is 4.41. The van der Waals surface area contributed by atoms with Gasteiger partial charge >= 0.3 is 0 Å². The van der Waals surface area contributed by atoms with Crippen molar-refractivity contribution in [2.24, 2.45) is 0 Å². The molecule has 0 aromatic carbocycles. The average molecular weight is 199 g/mol. The fourth-order valence-electron chi connectivity index (χ4n) is 1.72. The Kier molecular flexibility index (Phi) is 11.0. The molecule has 0 rings (SSSR count). The zero-order chi connectivity index (χ0) is 10.6. The Balaban J connectivity index is 3.02. The quantitative estimate of drug-likeness (QED) is 0.522. The van der Waals surface area contributed by atoms with Crippen molar-refractivity contribution in [3.8, 4) is 0 Å². The van der Waals surface area contributed by atoms with Gasteiger partial charge in [0.2, 0.25) is 0 Å². The van der Waals surface area contributed by atoms with Crippen LogP contribution in [-0.4, -0.2) is 12.6 Å². The minimum absolute atomic E-state index is 0.723. The van der Waals surface area contributed by atoms with Crippen molar-refractivity contribution in [2.75, 3.05) is 6.54 Å². The van der Waals surface area contributed by atoms with Crippen molar-refractivity contribution in [1.29, 1.82) is 0 Å². The van der Waals surface area contributed by atoms with Crippen molar-refractivity contribution in [3.63, 3.8) is 0 Å². The first kappa shape index (κ1) is 14.0. The van der Waals surface area contributed by atoms with Gasteiger partial charge in [-0.1, -0.05) is 52.4 Å². The van der Waals surface area contributed by atoms with Gasteiger partial charge < -0.3 is 5.32 Å². The van der Waals surface area contributed by atoms with Crippen molar-refractivity contribution in [3.05, 3.63) is 0 Å². The molecule has 0 amide bonds. The van der Waals surface area contributed by atoms with Crippen LogP contribution in [0.3, 0.4) is 0 Å². The topological polar surface area (TPSA) is 12.0 Å². The predicted octanol–water partition coefficient (Wildman–Crippen LogP) is 4.13. The highest BCUT2D eigenvalue weighted by atomic mass is 14.9. The van der Waals surface area contributed by atoms with E-state index in [-0.39, 0.29) is 0 Å². The summed E-state index contributed by atoms with van der Waals surface area (Å²) < 4.78 is 0. The molecule has 0 saturated carbocycles. The molecule has 0 saturated heterocycles.